The second kappa shape index (κ2) is 8.13. The fraction of sp³-hybridized carbons (Fsp3) is 0.353. The number of rotatable bonds is 5. The lowest BCUT2D eigenvalue weighted by molar-refractivity contribution is 0.0597. The summed E-state index contributed by atoms with van der Waals surface area (Å²) >= 11 is 6.03. The van der Waals surface area contributed by atoms with E-state index in [1.54, 1.807) is 12.1 Å². The number of carbonyl (C=O) groups is 1. The Morgan fingerprint density at radius 2 is 1.96 bits per heavy atom. The predicted octanol–water partition coefficient (Wildman–Crippen LogP) is 3.30. The topological polar surface area (TPSA) is 82.6 Å². The van der Waals surface area contributed by atoms with Crippen LogP contribution in [0.4, 0.5) is 5.82 Å². The summed E-state index contributed by atoms with van der Waals surface area (Å²) < 4.78 is 16.0. The Hall–Kier alpha value is -2.38. The molecule has 0 atom stereocenters. The third kappa shape index (κ3) is 4.37. The van der Waals surface area contributed by atoms with Crippen LogP contribution in [-0.4, -0.2) is 42.3 Å². The molecule has 0 aliphatic carbocycles. The summed E-state index contributed by atoms with van der Waals surface area (Å²) in [5, 5.41) is 3.22. The van der Waals surface area contributed by atoms with Gasteiger partial charge < -0.3 is 19.5 Å². The van der Waals surface area contributed by atoms with Gasteiger partial charge in [0, 0.05) is 19.3 Å². The lowest BCUT2D eigenvalue weighted by atomic mass is 10.1. The summed E-state index contributed by atoms with van der Waals surface area (Å²) in [6.07, 6.45) is 1.61. The Bertz CT molecular complexity index is 736. The molecule has 1 fully saturated rings. The number of benzene rings is 1. The van der Waals surface area contributed by atoms with E-state index >= 15 is 0 Å². The lowest BCUT2D eigenvalue weighted by Gasteiger charge is -2.24. The average molecular weight is 364 g/mol. The zero-order valence-corrected chi connectivity index (χ0v) is 14.5. The summed E-state index contributed by atoms with van der Waals surface area (Å²) in [5.74, 6) is 0.272. The lowest BCUT2D eigenvalue weighted by Crippen LogP contribution is -2.29. The molecule has 1 aromatic heterocycles. The van der Waals surface area contributed by atoms with Crippen LogP contribution in [0.15, 0.2) is 30.3 Å². The molecule has 0 bridgehead atoms. The maximum absolute atomic E-state index is 12.3. The van der Waals surface area contributed by atoms with E-state index < -0.39 is 5.97 Å². The van der Waals surface area contributed by atoms with Crippen molar-refractivity contribution in [2.75, 3.05) is 25.6 Å². The van der Waals surface area contributed by atoms with Crippen molar-refractivity contribution in [3.63, 3.8) is 0 Å². The molecule has 7 nitrogen and oxygen atoms in total. The van der Waals surface area contributed by atoms with E-state index in [4.69, 9.17) is 25.8 Å². The van der Waals surface area contributed by atoms with Crippen LogP contribution in [-0.2, 0) is 9.47 Å². The van der Waals surface area contributed by atoms with E-state index in [0.717, 1.165) is 12.8 Å². The van der Waals surface area contributed by atoms with Gasteiger partial charge in [-0.05, 0) is 36.6 Å². The zero-order valence-electron chi connectivity index (χ0n) is 13.7. The Balaban J connectivity index is 1.96. The number of nitrogens with zero attached hydrogens (tertiary/aromatic N) is 2. The highest BCUT2D eigenvalue weighted by molar-refractivity contribution is 6.28. The number of para-hydroxylation sites is 1. The molecule has 0 amide bonds. The van der Waals surface area contributed by atoms with Crippen molar-refractivity contribution in [2.24, 2.45) is 0 Å². The fourth-order valence-corrected chi connectivity index (χ4v) is 2.68. The zero-order chi connectivity index (χ0) is 17.6. The van der Waals surface area contributed by atoms with Gasteiger partial charge in [0.1, 0.15) is 11.6 Å². The summed E-state index contributed by atoms with van der Waals surface area (Å²) in [5.41, 5.74) is 0.113. The van der Waals surface area contributed by atoms with E-state index in [9.17, 15) is 4.79 Å². The Morgan fingerprint density at radius 1 is 1.24 bits per heavy atom. The number of ether oxygens (including phenoxy) is 3. The number of aromatic nitrogens is 2. The molecule has 25 heavy (non-hydrogen) atoms. The van der Waals surface area contributed by atoms with Crippen molar-refractivity contribution >= 4 is 23.4 Å². The van der Waals surface area contributed by atoms with Crippen LogP contribution in [0.3, 0.4) is 0 Å². The van der Waals surface area contributed by atoms with E-state index in [2.05, 4.69) is 15.3 Å². The van der Waals surface area contributed by atoms with Crippen LogP contribution in [0.2, 0.25) is 5.28 Å². The van der Waals surface area contributed by atoms with Crippen molar-refractivity contribution in [1.29, 1.82) is 0 Å². The number of anilines is 1. The van der Waals surface area contributed by atoms with Gasteiger partial charge in [-0.2, -0.15) is 9.97 Å². The van der Waals surface area contributed by atoms with Gasteiger partial charge in [0.05, 0.1) is 7.11 Å². The van der Waals surface area contributed by atoms with Crippen molar-refractivity contribution in [2.45, 2.75) is 18.9 Å². The number of methoxy groups -OCH3 is 1. The summed E-state index contributed by atoms with van der Waals surface area (Å²) in [4.78, 5) is 20.5. The molecule has 1 saturated heterocycles. The highest BCUT2D eigenvalue weighted by Gasteiger charge is 2.26. The van der Waals surface area contributed by atoms with Gasteiger partial charge in [0.15, 0.2) is 5.56 Å². The van der Waals surface area contributed by atoms with E-state index in [0.29, 0.717) is 24.8 Å². The smallest absolute Gasteiger partial charge is 0.347 e. The van der Waals surface area contributed by atoms with Crippen LogP contribution in [0.25, 0.3) is 0 Å². The third-order valence-electron chi connectivity index (χ3n) is 3.76. The molecule has 1 aliphatic rings. The molecule has 8 heteroatoms. The van der Waals surface area contributed by atoms with Crippen LogP contribution in [0.1, 0.15) is 23.2 Å². The molecular weight excluding hydrogens is 346 g/mol. The average Bonchev–Trinajstić information content (AvgIpc) is 2.63. The molecule has 3 rings (SSSR count). The first-order chi connectivity index (χ1) is 12.2. The van der Waals surface area contributed by atoms with Crippen molar-refractivity contribution in [1.82, 2.24) is 9.97 Å². The molecule has 1 aliphatic heterocycles. The maximum atomic E-state index is 12.3. The molecule has 0 unspecified atom stereocenters. The van der Waals surface area contributed by atoms with Crippen molar-refractivity contribution in [3.05, 3.63) is 41.2 Å². The molecular formula is C17H18ClN3O4. The fourth-order valence-electron chi connectivity index (χ4n) is 2.51. The van der Waals surface area contributed by atoms with E-state index in [1.807, 2.05) is 18.2 Å². The largest absolute Gasteiger partial charge is 0.465 e. The number of esters is 1. The second-order valence-corrected chi connectivity index (χ2v) is 5.80. The first kappa shape index (κ1) is 17.4. The van der Waals surface area contributed by atoms with Crippen LogP contribution in [0, 0.1) is 0 Å². The van der Waals surface area contributed by atoms with Gasteiger partial charge in [0.2, 0.25) is 11.2 Å². The quantitative estimate of drug-likeness (QED) is 0.644. The first-order valence-electron chi connectivity index (χ1n) is 7.90. The Kier molecular flexibility index (Phi) is 5.67. The molecule has 1 aromatic carbocycles. The van der Waals surface area contributed by atoms with Crippen LogP contribution >= 0.6 is 11.6 Å². The summed E-state index contributed by atoms with van der Waals surface area (Å²) in [7, 11) is 1.29. The van der Waals surface area contributed by atoms with Crippen molar-refractivity contribution < 1.29 is 19.0 Å². The second-order valence-electron chi connectivity index (χ2n) is 5.46. The highest BCUT2D eigenvalue weighted by Crippen LogP contribution is 2.30. The molecule has 0 spiro atoms. The Morgan fingerprint density at radius 3 is 2.64 bits per heavy atom. The van der Waals surface area contributed by atoms with Gasteiger partial charge in [-0.3, -0.25) is 0 Å². The summed E-state index contributed by atoms with van der Waals surface area (Å²) in [6, 6.07) is 9.12. The molecule has 0 radical (unpaired) electrons. The molecule has 132 valence electrons. The first-order valence-corrected chi connectivity index (χ1v) is 8.28. The van der Waals surface area contributed by atoms with Gasteiger partial charge in [-0.1, -0.05) is 18.2 Å². The number of carbonyl (C=O) groups excluding carboxylic acids is 1. The summed E-state index contributed by atoms with van der Waals surface area (Å²) in [6.45, 7) is 1.30. The van der Waals surface area contributed by atoms with Gasteiger partial charge in [0.25, 0.3) is 0 Å². The molecule has 0 saturated carbocycles. The van der Waals surface area contributed by atoms with Crippen LogP contribution < -0.4 is 10.1 Å². The van der Waals surface area contributed by atoms with Gasteiger partial charge in [-0.15, -0.1) is 0 Å². The predicted molar refractivity (Wildman–Crippen MR) is 92.4 cm³/mol. The van der Waals surface area contributed by atoms with E-state index in [1.165, 1.54) is 7.11 Å². The third-order valence-corrected chi connectivity index (χ3v) is 3.93. The number of hydrogen-bond donors (Lipinski definition) is 1. The minimum absolute atomic E-state index is 0.0202. The minimum Gasteiger partial charge on any atom is -0.465 e. The maximum Gasteiger partial charge on any atom is 0.347 e. The number of halogens is 1. The molecule has 2 aromatic rings. The standard InChI is InChI=1S/C17H18ClN3O4/c1-23-16(22)13-14(19-11-7-9-24-10-8-11)20-17(18)21-15(13)25-12-5-3-2-4-6-12/h2-6,11H,7-10H2,1H3,(H,19,20,21). The Labute approximate surface area is 150 Å². The highest BCUT2D eigenvalue weighted by atomic mass is 35.5. The van der Waals surface area contributed by atoms with E-state index in [-0.39, 0.29) is 22.8 Å². The van der Waals surface area contributed by atoms with Gasteiger partial charge >= 0.3 is 5.97 Å². The SMILES string of the molecule is COC(=O)c1c(NC2CCOCC2)nc(Cl)nc1Oc1ccccc1. The normalized spacial score (nSPS) is 14.8. The van der Waals surface area contributed by atoms with Crippen LogP contribution in [0.5, 0.6) is 11.6 Å². The monoisotopic (exact) mass is 363 g/mol. The minimum atomic E-state index is -0.600. The van der Waals surface area contributed by atoms with Gasteiger partial charge in [-0.25, -0.2) is 4.79 Å². The number of nitrogens with one attached hydrogen (secondary N) is 1. The molecule has 2 heterocycles. The molecule has 1 N–H and O–H groups in total. The number of hydrogen-bond acceptors (Lipinski definition) is 7. The van der Waals surface area contributed by atoms with Crippen molar-refractivity contribution in [3.8, 4) is 11.6 Å².